The Bertz CT molecular complexity index is 71.6. The van der Waals surface area contributed by atoms with Crippen LogP contribution < -0.4 is 0 Å². The van der Waals surface area contributed by atoms with Crippen LogP contribution in [-0.2, 0) is 5.74 Å². The summed E-state index contributed by atoms with van der Waals surface area (Å²) < 4.78 is 29.0. The summed E-state index contributed by atoms with van der Waals surface area (Å²) in [7, 11) is 0. The first-order chi connectivity index (χ1) is 2.56. The zero-order chi connectivity index (χ0) is 5.21. The van der Waals surface area contributed by atoms with Gasteiger partial charge in [0.1, 0.15) is 0 Å². The fourth-order valence-corrected chi connectivity index (χ4v) is 0. The van der Waals surface area contributed by atoms with E-state index in [0.717, 1.165) is 0 Å². The van der Waals surface area contributed by atoms with Gasteiger partial charge in [0.25, 0.3) is 0 Å². The van der Waals surface area contributed by atoms with Gasteiger partial charge < -0.3 is 0 Å². The van der Waals surface area contributed by atoms with E-state index in [1.54, 1.807) is 0 Å². The molecular weight excluding hydrogens is 261 g/mol. The second-order valence-corrected chi connectivity index (χ2v) is 6.22. The van der Waals surface area contributed by atoms with Gasteiger partial charge in [0.15, 0.2) is 0 Å². The molecule has 0 saturated carbocycles. The quantitative estimate of drug-likeness (QED) is 0.510. The summed E-state index contributed by atoms with van der Waals surface area (Å²) in [4.78, 5) is 0. The van der Waals surface area contributed by atoms with Gasteiger partial charge in [0, 0.05) is 0 Å². The summed E-state index contributed by atoms with van der Waals surface area (Å²) in [6.07, 6.45) is 0. The molecule has 2 N–H and O–H groups in total. The normalized spacial score (nSPS) is 11.8. The average molecular weight is 265 g/mol. The van der Waals surface area contributed by atoms with E-state index in [0.29, 0.717) is 0 Å². The molecule has 0 heterocycles. The molecule has 0 unspecified atom stereocenters. The van der Waals surface area contributed by atoms with Gasteiger partial charge in [-0.15, -0.1) is 0 Å². The van der Waals surface area contributed by atoms with Crippen LogP contribution in [0.25, 0.3) is 0 Å². The molecule has 38 valence electrons. The molecule has 0 amide bonds. The minimum atomic E-state index is -4.60. The molecule has 0 aliphatic heterocycles. The van der Waals surface area contributed by atoms with Gasteiger partial charge in [-0.05, 0) is 0 Å². The van der Waals surface area contributed by atoms with Crippen LogP contribution in [0.1, 0.15) is 0 Å². The van der Waals surface area contributed by atoms with Crippen molar-refractivity contribution in [2.75, 3.05) is 0 Å². The van der Waals surface area contributed by atoms with Crippen LogP contribution in [0.3, 0.4) is 0 Å². The predicted octanol–water partition coefficient (Wildman–Crippen LogP) is -2.60. The Kier molecular flexibility index (Phi) is 2.81. The first-order valence-corrected chi connectivity index (χ1v) is 5.56. The maximum absolute atomic E-state index is 9.57. The van der Waals surface area contributed by atoms with Crippen molar-refractivity contribution in [3.8, 4) is 0 Å². The summed E-state index contributed by atoms with van der Waals surface area (Å²) in [5.41, 5.74) is 0. The minimum absolute atomic E-state index is 0.167. The van der Waals surface area contributed by atoms with Crippen molar-refractivity contribution >= 4 is 38.0 Å². The van der Waals surface area contributed by atoms with Crippen LogP contribution in [0.2, 0.25) is 0 Å². The molecule has 0 atom stereocenters. The summed E-state index contributed by atoms with van der Waals surface area (Å²) in [5.74, 6) is 0. The summed E-state index contributed by atoms with van der Waals surface area (Å²) in [6.45, 7) is 0. The molecule has 0 aliphatic carbocycles. The standard InChI is InChI=1S/AsH3O4.Sb.2H/c2-1(3,4)5;;;/h(H3,2,3,4,5);;;/q;+1;;/p-1. The molecule has 0 radical (unpaired) electrons. The molecule has 0 aromatic carbocycles. The SMILES string of the molecule is O=[As](O)(O)[O][SbH2]. The Hall–Kier alpha value is 1.06. The van der Waals surface area contributed by atoms with Gasteiger partial charge >= 0.3 is 51.9 Å². The van der Waals surface area contributed by atoms with Crippen LogP contribution in [0.15, 0.2) is 0 Å². The number of hydrogen-bond donors (Lipinski definition) is 2. The zero-order valence-corrected chi connectivity index (χ0v) is 7.91. The number of hydrogen-bond acceptors (Lipinski definition) is 2. The molecule has 6 heteroatoms. The molecule has 0 saturated heterocycles. The van der Waals surface area contributed by atoms with Crippen molar-refractivity contribution in [2.24, 2.45) is 0 Å². The van der Waals surface area contributed by atoms with Crippen molar-refractivity contribution in [2.45, 2.75) is 0 Å². The molecule has 0 rings (SSSR count). The monoisotopic (exact) mass is 264 g/mol. The van der Waals surface area contributed by atoms with E-state index in [1.165, 1.54) is 0 Å². The van der Waals surface area contributed by atoms with Gasteiger partial charge in [-0.3, -0.25) is 0 Å². The Morgan fingerprint density at radius 2 is 1.83 bits per heavy atom. The molecule has 0 bridgehead atoms. The van der Waals surface area contributed by atoms with E-state index in [2.05, 4.69) is 2.00 Å². The Morgan fingerprint density at radius 3 is 1.83 bits per heavy atom. The van der Waals surface area contributed by atoms with Gasteiger partial charge in [-0.25, -0.2) is 0 Å². The van der Waals surface area contributed by atoms with Crippen molar-refractivity contribution in [3.63, 3.8) is 0 Å². The van der Waals surface area contributed by atoms with Crippen LogP contribution in [0, 0.1) is 0 Å². The third kappa shape index (κ3) is 5.06. The number of rotatable bonds is 1. The molecule has 0 aromatic rings. The summed E-state index contributed by atoms with van der Waals surface area (Å²) in [6, 6.07) is 0. The molecule has 0 fully saturated rings. The van der Waals surface area contributed by atoms with Gasteiger partial charge in [0.2, 0.25) is 0 Å². The van der Waals surface area contributed by atoms with Gasteiger partial charge in [-0.2, -0.15) is 0 Å². The second-order valence-electron chi connectivity index (χ2n) is 0.596. The molecule has 0 aliphatic rings. The molecule has 0 aromatic heterocycles. The fourth-order valence-electron chi connectivity index (χ4n) is 0. The van der Waals surface area contributed by atoms with E-state index in [-0.39, 0.29) is 23.4 Å². The first-order valence-electron chi connectivity index (χ1n) is 1.00. The van der Waals surface area contributed by atoms with Crippen LogP contribution in [-0.4, -0.2) is 46.1 Å². The Morgan fingerprint density at radius 1 is 1.67 bits per heavy atom. The van der Waals surface area contributed by atoms with Crippen molar-refractivity contribution in [1.82, 2.24) is 0 Å². The zero-order valence-electron chi connectivity index (χ0n) is 2.74. The third-order valence-electron chi connectivity index (χ3n) is 0.137. The van der Waals surface area contributed by atoms with Crippen LogP contribution in [0.5, 0.6) is 0 Å². The fraction of sp³-hybridized carbons (Fsp3) is 0. The van der Waals surface area contributed by atoms with Crippen molar-refractivity contribution in [1.29, 1.82) is 0 Å². The first kappa shape index (κ1) is 7.06. The summed E-state index contributed by atoms with van der Waals surface area (Å²) >= 11 is -4.44. The second kappa shape index (κ2) is 2.39. The van der Waals surface area contributed by atoms with E-state index < -0.39 is 14.5 Å². The Balaban J connectivity index is 3.48. The van der Waals surface area contributed by atoms with E-state index in [4.69, 9.17) is 8.19 Å². The molecule has 4 nitrogen and oxygen atoms in total. The van der Waals surface area contributed by atoms with Crippen LogP contribution in [0.4, 0.5) is 0 Å². The van der Waals surface area contributed by atoms with Gasteiger partial charge in [0.05, 0.1) is 0 Å². The molecule has 6 heavy (non-hydrogen) atoms. The predicted molar refractivity (Wildman–Crippen MR) is 20.5 cm³/mol. The average Bonchev–Trinajstić information content (AvgIpc) is 1.35. The van der Waals surface area contributed by atoms with Gasteiger partial charge in [-0.1, -0.05) is 0 Å². The maximum atomic E-state index is 9.57. The van der Waals surface area contributed by atoms with Crippen molar-refractivity contribution < 1.29 is 13.9 Å². The van der Waals surface area contributed by atoms with Crippen LogP contribution >= 0.6 is 0 Å². The summed E-state index contributed by atoms with van der Waals surface area (Å²) in [5, 5.41) is 0. The van der Waals surface area contributed by atoms with E-state index in [1.807, 2.05) is 0 Å². The van der Waals surface area contributed by atoms with E-state index >= 15 is 0 Å². The molecule has 0 spiro atoms. The Labute approximate surface area is 51.9 Å². The van der Waals surface area contributed by atoms with E-state index in [9.17, 15) is 3.74 Å². The third-order valence-corrected chi connectivity index (χ3v) is 4.79. The van der Waals surface area contributed by atoms with Crippen molar-refractivity contribution in [3.05, 3.63) is 0 Å². The molecular formula is H4AsO4Sb. The topological polar surface area (TPSA) is 66.8 Å².